The minimum Gasteiger partial charge on any atom is -0.211 e. The quantitative estimate of drug-likeness (QED) is 0.394. The van der Waals surface area contributed by atoms with Crippen molar-refractivity contribution in [3.63, 3.8) is 0 Å². The van der Waals surface area contributed by atoms with Crippen molar-refractivity contribution >= 4 is 12.2 Å². The van der Waals surface area contributed by atoms with E-state index in [2.05, 4.69) is 29.0 Å². The van der Waals surface area contributed by atoms with Crippen LogP contribution in [0.15, 0.2) is 34.3 Å². The number of aliphatic imine (C=N–C) groups is 2. The Kier molecular flexibility index (Phi) is 7.90. The van der Waals surface area contributed by atoms with Crippen LogP contribution < -0.4 is 0 Å². The Balaban J connectivity index is 2.58. The summed E-state index contributed by atoms with van der Waals surface area (Å²) in [7, 11) is 0. The molecule has 4 nitrogen and oxygen atoms in total. The monoisotopic (exact) mass is 272 g/mol. The molecule has 1 atom stereocenters. The predicted octanol–water partition coefficient (Wildman–Crippen LogP) is 3.00. The van der Waals surface area contributed by atoms with Crippen LogP contribution in [0.25, 0.3) is 0 Å². The Morgan fingerprint density at radius 3 is 2.45 bits per heavy atom. The maximum absolute atomic E-state index is 10.1. The zero-order valence-electron chi connectivity index (χ0n) is 11.8. The van der Waals surface area contributed by atoms with Gasteiger partial charge in [-0.2, -0.15) is 0 Å². The first kappa shape index (κ1) is 16.0. The van der Waals surface area contributed by atoms with Gasteiger partial charge < -0.3 is 0 Å². The van der Waals surface area contributed by atoms with Crippen LogP contribution in [0.1, 0.15) is 30.4 Å². The molecule has 1 rings (SSSR count). The molecule has 1 aromatic rings. The summed E-state index contributed by atoms with van der Waals surface area (Å²) in [5.74, 6) is 0.440. The highest BCUT2D eigenvalue weighted by Crippen LogP contribution is 2.20. The van der Waals surface area contributed by atoms with E-state index in [1.807, 2.05) is 12.1 Å². The van der Waals surface area contributed by atoms with Gasteiger partial charge in [-0.1, -0.05) is 24.3 Å². The van der Waals surface area contributed by atoms with Crippen LogP contribution in [0, 0.1) is 12.8 Å². The Morgan fingerprint density at radius 2 is 1.75 bits per heavy atom. The fourth-order valence-electron chi connectivity index (χ4n) is 2.30. The number of carbonyl (C=O) groups excluding carboxylic acids is 2. The highest BCUT2D eigenvalue weighted by atomic mass is 16.1. The summed E-state index contributed by atoms with van der Waals surface area (Å²) in [6.07, 6.45) is 6.78. The highest BCUT2D eigenvalue weighted by Gasteiger charge is 2.10. The Bertz CT molecular complexity index is 501. The summed E-state index contributed by atoms with van der Waals surface area (Å²) in [4.78, 5) is 27.4. The topological polar surface area (TPSA) is 58.9 Å². The lowest BCUT2D eigenvalue weighted by Gasteiger charge is -2.16. The van der Waals surface area contributed by atoms with Crippen LogP contribution in [-0.4, -0.2) is 25.2 Å². The van der Waals surface area contributed by atoms with E-state index in [9.17, 15) is 9.59 Å². The summed E-state index contributed by atoms with van der Waals surface area (Å²) in [5, 5.41) is 0. The summed E-state index contributed by atoms with van der Waals surface area (Å²) in [5.41, 5.74) is 2.61. The molecule has 0 amide bonds. The molecule has 0 aliphatic heterocycles. The molecule has 0 spiro atoms. The molecule has 0 aromatic heterocycles. The van der Waals surface area contributed by atoms with Gasteiger partial charge in [0, 0.05) is 0 Å². The van der Waals surface area contributed by atoms with Gasteiger partial charge in [-0.25, -0.2) is 19.6 Å². The van der Waals surface area contributed by atoms with Gasteiger partial charge in [0.2, 0.25) is 12.2 Å². The standard InChI is InChI=1S/C16H20N2O2/c1-14-5-2-3-7-16(14)11-15(8-10-18-13-20)6-4-9-17-12-19/h2-3,5,7,15H,4,6,8-11H2,1H3. The molecule has 0 N–H and O–H groups in total. The fraction of sp³-hybridized carbons (Fsp3) is 0.500. The van der Waals surface area contributed by atoms with Crippen LogP contribution in [0.3, 0.4) is 0 Å². The summed E-state index contributed by atoms with van der Waals surface area (Å²) < 4.78 is 0. The summed E-state index contributed by atoms with van der Waals surface area (Å²) in [6, 6.07) is 8.31. The van der Waals surface area contributed by atoms with Crippen molar-refractivity contribution in [3.05, 3.63) is 35.4 Å². The zero-order valence-corrected chi connectivity index (χ0v) is 11.8. The van der Waals surface area contributed by atoms with Gasteiger partial charge in [-0.15, -0.1) is 0 Å². The molecule has 0 radical (unpaired) electrons. The van der Waals surface area contributed by atoms with Crippen LogP contribution >= 0.6 is 0 Å². The highest BCUT2D eigenvalue weighted by molar-refractivity contribution is 5.33. The van der Waals surface area contributed by atoms with E-state index in [4.69, 9.17) is 0 Å². The lowest BCUT2D eigenvalue weighted by atomic mass is 9.90. The van der Waals surface area contributed by atoms with Gasteiger partial charge in [0.25, 0.3) is 0 Å². The van der Waals surface area contributed by atoms with Gasteiger partial charge in [0.1, 0.15) is 0 Å². The van der Waals surface area contributed by atoms with E-state index in [0.717, 1.165) is 25.7 Å². The van der Waals surface area contributed by atoms with Crippen LogP contribution in [-0.2, 0) is 16.0 Å². The number of benzene rings is 1. The first-order valence-corrected chi connectivity index (χ1v) is 6.89. The Hall–Kier alpha value is -2.02. The molecule has 0 aliphatic rings. The third-order valence-electron chi connectivity index (χ3n) is 3.43. The summed E-state index contributed by atoms with van der Waals surface area (Å²) in [6.45, 7) is 3.13. The second-order valence-electron chi connectivity index (χ2n) is 4.87. The van der Waals surface area contributed by atoms with Crippen molar-refractivity contribution in [2.75, 3.05) is 13.1 Å². The van der Waals surface area contributed by atoms with E-state index >= 15 is 0 Å². The van der Waals surface area contributed by atoms with Gasteiger partial charge in [-0.3, -0.25) is 0 Å². The van der Waals surface area contributed by atoms with Crippen molar-refractivity contribution in [1.29, 1.82) is 0 Å². The molecule has 0 heterocycles. The maximum atomic E-state index is 10.1. The molecule has 1 aromatic carbocycles. The lowest BCUT2D eigenvalue weighted by Crippen LogP contribution is -2.08. The first-order chi connectivity index (χ1) is 9.77. The number of hydrogen-bond acceptors (Lipinski definition) is 4. The lowest BCUT2D eigenvalue weighted by molar-refractivity contribution is 0.441. The molecule has 0 aliphatic carbocycles. The van der Waals surface area contributed by atoms with E-state index in [1.165, 1.54) is 11.1 Å². The molecule has 0 fully saturated rings. The molecule has 1 unspecified atom stereocenters. The van der Waals surface area contributed by atoms with Gasteiger partial charge in [-0.05, 0) is 49.7 Å². The number of hydrogen-bond donors (Lipinski definition) is 0. The van der Waals surface area contributed by atoms with Crippen molar-refractivity contribution in [2.24, 2.45) is 15.9 Å². The van der Waals surface area contributed by atoms with Crippen molar-refractivity contribution in [3.8, 4) is 0 Å². The fourth-order valence-corrected chi connectivity index (χ4v) is 2.30. The Morgan fingerprint density at radius 1 is 1.05 bits per heavy atom. The van der Waals surface area contributed by atoms with Crippen LogP contribution in [0.2, 0.25) is 0 Å². The number of nitrogens with zero attached hydrogens (tertiary/aromatic N) is 2. The average molecular weight is 272 g/mol. The van der Waals surface area contributed by atoms with Crippen LogP contribution in [0.4, 0.5) is 0 Å². The van der Waals surface area contributed by atoms with Crippen LogP contribution in [0.5, 0.6) is 0 Å². The summed E-state index contributed by atoms with van der Waals surface area (Å²) >= 11 is 0. The van der Waals surface area contributed by atoms with E-state index in [0.29, 0.717) is 19.0 Å². The largest absolute Gasteiger partial charge is 0.234 e. The molecule has 0 saturated heterocycles. The zero-order chi connectivity index (χ0) is 14.6. The number of aryl methyl sites for hydroxylation is 1. The second-order valence-corrected chi connectivity index (χ2v) is 4.87. The molecule has 20 heavy (non-hydrogen) atoms. The number of isocyanates is 2. The van der Waals surface area contributed by atoms with Crippen molar-refractivity contribution < 1.29 is 9.59 Å². The normalized spacial score (nSPS) is 11.2. The predicted molar refractivity (Wildman–Crippen MR) is 78.2 cm³/mol. The third-order valence-corrected chi connectivity index (χ3v) is 3.43. The molecule has 0 saturated carbocycles. The van der Waals surface area contributed by atoms with Gasteiger partial charge in [0.05, 0.1) is 13.1 Å². The molecular weight excluding hydrogens is 252 g/mol. The SMILES string of the molecule is Cc1ccccc1CC(CCCN=C=O)CCN=C=O. The van der Waals surface area contributed by atoms with Gasteiger partial charge >= 0.3 is 0 Å². The Labute approximate surface area is 119 Å². The maximum Gasteiger partial charge on any atom is 0.234 e. The minimum absolute atomic E-state index is 0.440. The third kappa shape index (κ3) is 6.24. The van der Waals surface area contributed by atoms with E-state index in [-0.39, 0.29) is 0 Å². The van der Waals surface area contributed by atoms with Gasteiger partial charge in [0.15, 0.2) is 0 Å². The number of rotatable bonds is 9. The first-order valence-electron chi connectivity index (χ1n) is 6.89. The second kappa shape index (κ2) is 9.85. The smallest absolute Gasteiger partial charge is 0.211 e. The molecule has 0 bridgehead atoms. The molecule has 106 valence electrons. The van der Waals surface area contributed by atoms with E-state index in [1.54, 1.807) is 12.2 Å². The molecular formula is C16H20N2O2. The average Bonchev–Trinajstić information content (AvgIpc) is 2.46. The van der Waals surface area contributed by atoms with E-state index < -0.39 is 0 Å². The van der Waals surface area contributed by atoms with Crippen molar-refractivity contribution in [2.45, 2.75) is 32.6 Å². The minimum atomic E-state index is 0.440. The molecule has 4 heteroatoms. The van der Waals surface area contributed by atoms with Crippen molar-refractivity contribution in [1.82, 2.24) is 0 Å².